The predicted octanol–water partition coefficient (Wildman–Crippen LogP) is 1.16. The van der Waals surface area contributed by atoms with Crippen molar-refractivity contribution < 1.29 is 0 Å². The SMILES string of the molecule is CCc1nncn1CCN=C(N)NC(C)(C)C.I. The van der Waals surface area contributed by atoms with Gasteiger partial charge in [-0.15, -0.1) is 34.2 Å². The number of hydrogen-bond acceptors (Lipinski definition) is 3. The molecule has 0 aliphatic heterocycles. The highest BCUT2D eigenvalue weighted by Gasteiger charge is 2.09. The Morgan fingerprint density at radius 2 is 2.17 bits per heavy atom. The molecule has 0 unspecified atom stereocenters. The highest BCUT2D eigenvalue weighted by Crippen LogP contribution is 1.98. The van der Waals surface area contributed by atoms with Crippen molar-refractivity contribution >= 4 is 29.9 Å². The molecule has 104 valence electrons. The molecular formula is C11H23IN6. The van der Waals surface area contributed by atoms with Gasteiger partial charge in [0.1, 0.15) is 12.2 Å². The number of nitrogens with zero attached hydrogens (tertiary/aromatic N) is 4. The van der Waals surface area contributed by atoms with Crippen molar-refractivity contribution in [1.82, 2.24) is 20.1 Å². The second kappa shape index (κ2) is 7.55. The monoisotopic (exact) mass is 366 g/mol. The molecule has 0 aliphatic rings. The van der Waals surface area contributed by atoms with Gasteiger partial charge >= 0.3 is 0 Å². The number of nitrogens with two attached hydrogens (primary N) is 1. The Kier molecular flexibility index (Phi) is 7.19. The molecule has 0 aliphatic carbocycles. The fraction of sp³-hybridized carbons (Fsp3) is 0.727. The van der Waals surface area contributed by atoms with Crippen LogP contribution in [0, 0.1) is 0 Å². The normalized spacial score (nSPS) is 12.1. The Balaban J connectivity index is 0.00000289. The van der Waals surface area contributed by atoms with Gasteiger partial charge in [0, 0.05) is 18.5 Å². The van der Waals surface area contributed by atoms with Crippen molar-refractivity contribution in [3.05, 3.63) is 12.2 Å². The van der Waals surface area contributed by atoms with E-state index in [0.29, 0.717) is 12.5 Å². The number of aryl methyl sites for hydroxylation is 1. The van der Waals surface area contributed by atoms with Crippen molar-refractivity contribution in [2.24, 2.45) is 10.7 Å². The molecule has 0 radical (unpaired) electrons. The molecule has 3 N–H and O–H groups in total. The van der Waals surface area contributed by atoms with Crippen LogP contribution in [0.4, 0.5) is 0 Å². The number of nitrogens with one attached hydrogen (secondary N) is 1. The second-order valence-corrected chi connectivity index (χ2v) is 4.94. The lowest BCUT2D eigenvalue weighted by Gasteiger charge is -2.21. The summed E-state index contributed by atoms with van der Waals surface area (Å²) >= 11 is 0. The predicted molar refractivity (Wildman–Crippen MR) is 84.2 cm³/mol. The van der Waals surface area contributed by atoms with Crippen molar-refractivity contribution in [3.8, 4) is 0 Å². The average Bonchev–Trinajstić information content (AvgIpc) is 2.62. The standard InChI is InChI=1S/C11H22N6.HI/c1-5-9-16-14-8-17(9)7-6-13-10(12)15-11(2,3)4;/h8H,5-7H2,1-4H3,(H3,12,13,15);1H. The molecule has 1 aromatic rings. The van der Waals surface area contributed by atoms with Gasteiger partial charge in [-0.25, -0.2) is 0 Å². The molecule has 0 amide bonds. The van der Waals surface area contributed by atoms with Gasteiger partial charge in [-0.05, 0) is 20.8 Å². The summed E-state index contributed by atoms with van der Waals surface area (Å²) in [5.41, 5.74) is 5.71. The zero-order valence-corrected chi connectivity index (χ0v) is 13.8. The third kappa shape index (κ3) is 6.18. The van der Waals surface area contributed by atoms with Crippen LogP contribution in [0.1, 0.15) is 33.5 Å². The number of halogens is 1. The zero-order chi connectivity index (χ0) is 12.9. The van der Waals surface area contributed by atoms with E-state index in [-0.39, 0.29) is 29.5 Å². The number of aliphatic imine (C=N–C) groups is 1. The summed E-state index contributed by atoms with van der Waals surface area (Å²) in [6, 6.07) is 0. The van der Waals surface area contributed by atoms with Crippen molar-refractivity contribution in [2.45, 2.75) is 46.2 Å². The van der Waals surface area contributed by atoms with Crippen molar-refractivity contribution in [2.75, 3.05) is 6.54 Å². The Morgan fingerprint density at radius 1 is 1.50 bits per heavy atom. The van der Waals surface area contributed by atoms with E-state index in [1.807, 2.05) is 25.3 Å². The van der Waals surface area contributed by atoms with Gasteiger partial charge in [-0.2, -0.15) is 0 Å². The van der Waals surface area contributed by atoms with Crippen LogP contribution in [-0.4, -0.2) is 32.8 Å². The Hall–Kier alpha value is -0.860. The minimum absolute atomic E-state index is 0. The van der Waals surface area contributed by atoms with E-state index in [0.717, 1.165) is 18.8 Å². The van der Waals surface area contributed by atoms with Gasteiger partial charge in [0.25, 0.3) is 0 Å². The topological polar surface area (TPSA) is 81.1 Å². The maximum atomic E-state index is 5.77. The fourth-order valence-corrected chi connectivity index (χ4v) is 1.44. The van der Waals surface area contributed by atoms with Crippen LogP contribution in [0.2, 0.25) is 0 Å². The maximum absolute atomic E-state index is 5.77. The first kappa shape index (κ1) is 17.1. The van der Waals surface area contributed by atoms with Crippen LogP contribution >= 0.6 is 24.0 Å². The van der Waals surface area contributed by atoms with E-state index in [1.54, 1.807) is 6.33 Å². The second-order valence-electron chi connectivity index (χ2n) is 4.94. The number of guanidine groups is 1. The van der Waals surface area contributed by atoms with Gasteiger partial charge in [0.05, 0.1) is 6.54 Å². The minimum atomic E-state index is -0.0568. The van der Waals surface area contributed by atoms with E-state index >= 15 is 0 Å². The molecule has 0 aromatic carbocycles. The van der Waals surface area contributed by atoms with Crippen LogP contribution < -0.4 is 11.1 Å². The smallest absolute Gasteiger partial charge is 0.189 e. The number of rotatable bonds is 4. The quantitative estimate of drug-likeness (QED) is 0.476. The Labute approximate surface area is 125 Å². The van der Waals surface area contributed by atoms with Gasteiger partial charge in [0.15, 0.2) is 5.96 Å². The minimum Gasteiger partial charge on any atom is -0.370 e. The van der Waals surface area contributed by atoms with Crippen LogP contribution in [0.3, 0.4) is 0 Å². The Bertz CT molecular complexity index is 379. The Morgan fingerprint density at radius 3 is 2.72 bits per heavy atom. The molecule has 0 saturated carbocycles. The molecule has 0 bridgehead atoms. The highest BCUT2D eigenvalue weighted by atomic mass is 127. The van der Waals surface area contributed by atoms with Crippen LogP contribution in [0.5, 0.6) is 0 Å². The zero-order valence-electron chi connectivity index (χ0n) is 11.5. The lowest BCUT2D eigenvalue weighted by molar-refractivity contribution is 0.507. The van der Waals surface area contributed by atoms with E-state index in [9.17, 15) is 0 Å². The van der Waals surface area contributed by atoms with Gasteiger partial charge in [-0.1, -0.05) is 6.92 Å². The van der Waals surface area contributed by atoms with Gasteiger partial charge < -0.3 is 15.6 Å². The first-order chi connectivity index (χ1) is 7.92. The van der Waals surface area contributed by atoms with Crippen molar-refractivity contribution in [3.63, 3.8) is 0 Å². The van der Waals surface area contributed by atoms with Gasteiger partial charge in [0.2, 0.25) is 0 Å². The molecule has 1 aromatic heterocycles. The molecule has 0 fully saturated rings. The largest absolute Gasteiger partial charge is 0.370 e. The third-order valence-corrected chi connectivity index (χ3v) is 2.14. The summed E-state index contributed by atoms with van der Waals surface area (Å²) in [7, 11) is 0. The van der Waals surface area contributed by atoms with E-state index in [4.69, 9.17) is 5.73 Å². The van der Waals surface area contributed by atoms with Crippen LogP contribution in [0.15, 0.2) is 11.3 Å². The van der Waals surface area contributed by atoms with Crippen LogP contribution in [-0.2, 0) is 13.0 Å². The molecule has 1 rings (SSSR count). The molecule has 1 heterocycles. The van der Waals surface area contributed by atoms with E-state index in [2.05, 4.69) is 27.4 Å². The van der Waals surface area contributed by atoms with Crippen LogP contribution in [0.25, 0.3) is 0 Å². The lowest BCUT2D eigenvalue weighted by Crippen LogP contribution is -2.45. The fourth-order valence-electron chi connectivity index (χ4n) is 1.44. The van der Waals surface area contributed by atoms with Crippen molar-refractivity contribution in [1.29, 1.82) is 0 Å². The molecule has 7 heteroatoms. The summed E-state index contributed by atoms with van der Waals surface area (Å²) in [6.07, 6.45) is 2.60. The molecule has 0 atom stereocenters. The first-order valence-corrected chi connectivity index (χ1v) is 5.87. The summed E-state index contributed by atoms with van der Waals surface area (Å²) in [4.78, 5) is 4.27. The summed E-state index contributed by atoms with van der Waals surface area (Å²) in [6.45, 7) is 9.57. The highest BCUT2D eigenvalue weighted by molar-refractivity contribution is 14.0. The molecular weight excluding hydrogens is 343 g/mol. The number of aromatic nitrogens is 3. The molecule has 6 nitrogen and oxygen atoms in total. The third-order valence-electron chi connectivity index (χ3n) is 2.14. The maximum Gasteiger partial charge on any atom is 0.189 e. The first-order valence-electron chi connectivity index (χ1n) is 5.87. The van der Waals surface area contributed by atoms with E-state index < -0.39 is 0 Å². The molecule has 0 spiro atoms. The number of hydrogen-bond donors (Lipinski definition) is 2. The molecule has 18 heavy (non-hydrogen) atoms. The summed E-state index contributed by atoms with van der Waals surface area (Å²) < 4.78 is 1.99. The van der Waals surface area contributed by atoms with E-state index in [1.165, 1.54) is 0 Å². The summed E-state index contributed by atoms with van der Waals surface area (Å²) in [5.74, 6) is 1.45. The summed E-state index contributed by atoms with van der Waals surface area (Å²) in [5, 5.41) is 11.0. The lowest BCUT2D eigenvalue weighted by atomic mass is 10.1. The van der Waals surface area contributed by atoms with Gasteiger partial charge in [-0.3, -0.25) is 4.99 Å². The molecule has 0 saturated heterocycles. The average molecular weight is 366 g/mol.